The van der Waals surface area contributed by atoms with Gasteiger partial charge < -0.3 is 14.2 Å². The van der Waals surface area contributed by atoms with Crippen LogP contribution >= 0.6 is 0 Å². The van der Waals surface area contributed by atoms with E-state index in [4.69, 9.17) is 4.42 Å². The number of rotatable bonds is 8. The van der Waals surface area contributed by atoms with E-state index in [9.17, 15) is 0 Å². The summed E-state index contributed by atoms with van der Waals surface area (Å²) in [6.07, 6.45) is 0. The number of fused-ring (bicyclic) bond motifs is 18. The summed E-state index contributed by atoms with van der Waals surface area (Å²) in [5, 5.41) is 6.48. The minimum atomic E-state index is -0.977. The molecule has 0 fully saturated rings. The Morgan fingerprint density at radius 3 is 1.28 bits per heavy atom. The van der Waals surface area contributed by atoms with Crippen molar-refractivity contribution in [3.8, 4) is 44.5 Å². The topological polar surface area (TPSA) is 19.6 Å². The standard InChI is InChI=1S/C83H62F2N2O/c1-81(2,3)55-31-35-57(36-32-55)86(60-39-42-62(72(84)48-60)51-19-9-7-10-20-51)59-41-44-66-70(47-59)83(68-45-29-53-23-13-15-25-64(53)76(68)77-65-26-16-14-24-54(65)30-46-69(77)83)71-50-74(79-67-27-17-18-28-75(67)88-80(79)78(66)71)87(58-37-33-56(34-38-58)82(4,5)6)61-40-43-63(73(85)49-61)52-21-11-8-12-22-52/h7-50H,1-6H3. The Morgan fingerprint density at radius 2 is 0.773 bits per heavy atom. The molecular weight excluding hydrogens is 1080 g/mol. The molecule has 0 saturated carbocycles. The molecule has 0 radical (unpaired) electrons. The molecule has 3 nitrogen and oxygen atoms in total. The Labute approximate surface area is 512 Å². The monoisotopic (exact) mass is 1140 g/mol. The van der Waals surface area contributed by atoms with E-state index in [1.165, 1.54) is 22.3 Å². The Balaban J connectivity index is 1.03. The van der Waals surface area contributed by atoms with Gasteiger partial charge in [-0.15, -0.1) is 0 Å². The van der Waals surface area contributed by atoms with Gasteiger partial charge in [-0.25, -0.2) is 8.78 Å². The van der Waals surface area contributed by atoms with E-state index in [0.29, 0.717) is 22.5 Å². The van der Waals surface area contributed by atoms with Gasteiger partial charge in [-0.2, -0.15) is 0 Å². The zero-order chi connectivity index (χ0) is 59.8. The molecule has 0 bridgehead atoms. The molecule has 0 aliphatic heterocycles. The zero-order valence-corrected chi connectivity index (χ0v) is 50.0. The average Bonchev–Trinajstić information content (AvgIpc) is 1.49. The molecule has 424 valence electrons. The number of furan rings is 1. The van der Waals surface area contributed by atoms with Crippen LogP contribution in [0.5, 0.6) is 0 Å². The maximum absolute atomic E-state index is 17.4. The number of hydrogen-bond donors (Lipinski definition) is 0. The third kappa shape index (κ3) is 8.13. The van der Waals surface area contributed by atoms with Crippen LogP contribution in [-0.4, -0.2) is 0 Å². The summed E-state index contributed by atoms with van der Waals surface area (Å²) in [6, 6.07) is 92.7. The highest BCUT2D eigenvalue weighted by molar-refractivity contribution is 6.21. The maximum atomic E-state index is 17.4. The van der Waals surface area contributed by atoms with Crippen molar-refractivity contribution in [2.75, 3.05) is 9.80 Å². The minimum absolute atomic E-state index is 0.0950. The number of benzene rings is 13. The highest BCUT2D eigenvalue weighted by atomic mass is 19.1. The molecule has 2 aliphatic carbocycles. The SMILES string of the molecule is CC(C)(C)c1ccc(N(c2ccc(-c3ccccc3)c(F)c2)c2ccc3c(c2)C2(c4ccc5ccccc5c4-c4c2ccc2ccccc42)c2cc(N(c4ccc(C(C)(C)C)cc4)c4ccc(-c5ccccc5)c(F)c4)c4c(oc5ccccc54)c2-3)cc1. The quantitative estimate of drug-likeness (QED) is 0.151. The van der Waals surface area contributed by atoms with Crippen LogP contribution in [0.15, 0.2) is 271 Å². The molecule has 1 heterocycles. The van der Waals surface area contributed by atoms with Crippen molar-refractivity contribution in [2.45, 2.75) is 57.8 Å². The lowest BCUT2D eigenvalue weighted by atomic mass is 9.70. The van der Waals surface area contributed by atoms with Gasteiger partial charge in [0, 0.05) is 50.5 Å². The van der Waals surface area contributed by atoms with Gasteiger partial charge in [0.2, 0.25) is 0 Å². The predicted octanol–water partition coefficient (Wildman–Crippen LogP) is 23.4. The van der Waals surface area contributed by atoms with E-state index in [2.05, 4.69) is 221 Å². The van der Waals surface area contributed by atoms with Crippen LogP contribution in [0, 0.1) is 11.6 Å². The van der Waals surface area contributed by atoms with E-state index in [0.717, 1.165) is 111 Å². The average molecular weight is 1140 g/mol. The third-order valence-corrected chi connectivity index (χ3v) is 18.7. The maximum Gasteiger partial charge on any atom is 0.145 e. The lowest BCUT2D eigenvalue weighted by Gasteiger charge is -2.34. The Kier molecular flexibility index (Phi) is 12.0. The van der Waals surface area contributed by atoms with Crippen molar-refractivity contribution in [2.24, 2.45) is 0 Å². The van der Waals surface area contributed by atoms with Crippen LogP contribution < -0.4 is 9.80 Å². The van der Waals surface area contributed by atoms with Gasteiger partial charge >= 0.3 is 0 Å². The summed E-state index contributed by atoms with van der Waals surface area (Å²) in [5.74, 6) is -0.634. The molecule has 14 aromatic rings. The largest absolute Gasteiger partial charge is 0.455 e. The van der Waals surface area contributed by atoms with Crippen LogP contribution in [0.1, 0.15) is 74.9 Å². The summed E-state index contributed by atoms with van der Waals surface area (Å²) < 4.78 is 41.9. The van der Waals surface area contributed by atoms with Gasteiger partial charge in [-0.3, -0.25) is 0 Å². The molecule has 16 rings (SSSR count). The molecule has 0 atom stereocenters. The molecule has 0 N–H and O–H groups in total. The Morgan fingerprint density at radius 1 is 0.341 bits per heavy atom. The van der Waals surface area contributed by atoms with Crippen LogP contribution in [0.4, 0.5) is 42.9 Å². The Hall–Kier alpha value is -10.4. The first-order chi connectivity index (χ1) is 42.7. The summed E-state index contributed by atoms with van der Waals surface area (Å²) in [7, 11) is 0. The number of hydrogen-bond acceptors (Lipinski definition) is 3. The summed E-state index contributed by atoms with van der Waals surface area (Å²) >= 11 is 0. The Bertz CT molecular complexity index is 5040. The third-order valence-electron chi connectivity index (χ3n) is 18.7. The molecular formula is C83H62F2N2O. The van der Waals surface area contributed by atoms with Crippen LogP contribution in [0.3, 0.4) is 0 Å². The van der Waals surface area contributed by atoms with Gasteiger partial charge in [-0.05, 0) is 179 Å². The van der Waals surface area contributed by atoms with Gasteiger partial charge in [0.15, 0.2) is 0 Å². The van der Waals surface area contributed by atoms with Crippen LogP contribution in [0.25, 0.3) is 88.0 Å². The first kappa shape index (κ1) is 53.1. The molecule has 88 heavy (non-hydrogen) atoms. The van der Waals surface area contributed by atoms with E-state index >= 15 is 8.78 Å². The second-order valence-corrected chi connectivity index (χ2v) is 25.8. The van der Waals surface area contributed by atoms with E-state index in [-0.39, 0.29) is 22.5 Å². The number of anilines is 6. The molecule has 0 unspecified atom stereocenters. The predicted molar refractivity (Wildman–Crippen MR) is 363 cm³/mol. The second kappa shape index (κ2) is 19.8. The van der Waals surface area contributed by atoms with E-state index < -0.39 is 5.41 Å². The van der Waals surface area contributed by atoms with Crippen molar-refractivity contribution in [3.63, 3.8) is 0 Å². The summed E-state index contributed by atoms with van der Waals surface area (Å²) in [5.41, 5.74) is 19.0. The number of nitrogens with zero attached hydrogens (tertiary/aromatic N) is 2. The second-order valence-electron chi connectivity index (χ2n) is 25.8. The number of halogens is 2. The minimum Gasteiger partial charge on any atom is -0.455 e. The number of para-hydroxylation sites is 1. The smallest absolute Gasteiger partial charge is 0.145 e. The van der Waals surface area contributed by atoms with E-state index in [1.807, 2.05) is 84.9 Å². The van der Waals surface area contributed by atoms with Crippen molar-refractivity contribution in [1.29, 1.82) is 0 Å². The van der Waals surface area contributed by atoms with Gasteiger partial charge in [-0.1, -0.05) is 224 Å². The summed E-state index contributed by atoms with van der Waals surface area (Å²) in [4.78, 5) is 4.45. The fourth-order valence-corrected chi connectivity index (χ4v) is 14.5. The highest BCUT2D eigenvalue weighted by Crippen LogP contribution is 2.68. The fraction of sp³-hybridized carbons (Fsp3) is 0.108. The van der Waals surface area contributed by atoms with Crippen LogP contribution in [-0.2, 0) is 16.2 Å². The molecule has 1 spiro atoms. The molecule has 1 aromatic heterocycles. The van der Waals surface area contributed by atoms with Crippen molar-refractivity contribution in [1.82, 2.24) is 0 Å². The lowest BCUT2D eigenvalue weighted by molar-refractivity contribution is 0.590. The van der Waals surface area contributed by atoms with Crippen molar-refractivity contribution >= 4 is 77.6 Å². The molecule has 0 saturated heterocycles. The van der Waals surface area contributed by atoms with Crippen molar-refractivity contribution in [3.05, 3.63) is 312 Å². The molecule has 5 heteroatoms. The first-order valence-electron chi connectivity index (χ1n) is 30.4. The summed E-state index contributed by atoms with van der Waals surface area (Å²) in [6.45, 7) is 13.4. The van der Waals surface area contributed by atoms with Gasteiger partial charge in [0.1, 0.15) is 22.8 Å². The van der Waals surface area contributed by atoms with Crippen LogP contribution in [0.2, 0.25) is 0 Å². The molecule has 0 amide bonds. The van der Waals surface area contributed by atoms with Gasteiger partial charge in [0.05, 0.1) is 16.5 Å². The zero-order valence-electron chi connectivity index (χ0n) is 50.0. The highest BCUT2D eigenvalue weighted by Gasteiger charge is 2.54. The molecule has 2 aliphatic rings. The first-order valence-corrected chi connectivity index (χ1v) is 30.4. The normalized spacial score (nSPS) is 13.1. The molecule has 13 aromatic carbocycles. The van der Waals surface area contributed by atoms with Gasteiger partial charge in [0.25, 0.3) is 0 Å². The fourth-order valence-electron chi connectivity index (χ4n) is 14.5. The van der Waals surface area contributed by atoms with Crippen molar-refractivity contribution < 1.29 is 13.2 Å². The van der Waals surface area contributed by atoms with E-state index in [1.54, 1.807) is 12.1 Å². The lowest BCUT2D eigenvalue weighted by Crippen LogP contribution is -2.26.